The van der Waals surface area contributed by atoms with E-state index in [9.17, 15) is 9.90 Å². The summed E-state index contributed by atoms with van der Waals surface area (Å²) < 4.78 is 0. The molecule has 38 heavy (non-hydrogen) atoms. The van der Waals surface area contributed by atoms with E-state index in [2.05, 4.69) is 55.9 Å². The van der Waals surface area contributed by atoms with Crippen molar-refractivity contribution in [3.8, 4) is 0 Å². The van der Waals surface area contributed by atoms with Crippen molar-refractivity contribution in [2.75, 3.05) is 29.1 Å². The van der Waals surface area contributed by atoms with Crippen LogP contribution < -0.4 is 16.1 Å². The van der Waals surface area contributed by atoms with E-state index in [0.29, 0.717) is 23.5 Å². The summed E-state index contributed by atoms with van der Waals surface area (Å²) in [6.45, 7) is 6.17. The molecule has 2 aromatic rings. The summed E-state index contributed by atoms with van der Waals surface area (Å²) >= 11 is 0. The number of aromatic carboxylic acids is 1. The molecule has 0 bridgehead atoms. The first-order valence-corrected chi connectivity index (χ1v) is 14.6. The van der Waals surface area contributed by atoms with E-state index in [1.54, 1.807) is 0 Å². The molecule has 206 valence electrons. The second kappa shape index (κ2) is 12.3. The number of aromatic nitrogens is 3. The zero-order valence-electron chi connectivity index (χ0n) is 22.8. The predicted octanol–water partition coefficient (Wildman–Crippen LogP) is 5.96. The molecule has 2 aromatic heterocycles. The molecule has 9 heteroatoms. The number of nitrogens with zero attached hydrogens (tertiary/aromatic N) is 4. The van der Waals surface area contributed by atoms with Crippen LogP contribution in [0.2, 0.25) is 0 Å². The Labute approximate surface area is 226 Å². The van der Waals surface area contributed by atoms with Crippen molar-refractivity contribution in [1.82, 2.24) is 20.0 Å². The third-order valence-electron chi connectivity index (χ3n) is 8.81. The van der Waals surface area contributed by atoms with E-state index in [1.165, 1.54) is 44.9 Å². The molecule has 2 atom stereocenters. The van der Waals surface area contributed by atoms with E-state index < -0.39 is 5.97 Å². The van der Waals surface area contributed by atoms with E-state index in [1.807, 2.05) is 18.3 Å². The third kappa shape index (κ3) is 6.37. The second-order valence-corrected chi connectivity index (χ2v) is 11.6. The lowest BCUT2D eigenvalue weighted by molar-refractivity contribution is 0.0683. The normalized spacial score (nSPS) is 25.3. The topological polar surface area (TPSA) is 115 Å². The summed E-state index contributed by atoms with van der Waals surface area (Å²) in [4.78, 5) is 25.8. The van der Waals surface area contributed by atoms with E-state index in [-0.39, 0.29) is 17.9 Å². The largest absolute Gasteiger partial charge is 0.475 e. The minimum absolute atomic E-state index is 0.0891. The van der Waals surface area contributed by atoms with Crippen LogP contribution in [0, 0.1) is 17.8 Å². The van der Waals surface area contributed by atoms with Crippen LogP contribution in [0.3, 0.4) is 0 Å². The van der Waals surface area contributed by atoms with Crippen LogP contribution in [0.15, 0.2) is 24.4 Å². The SMILES string of the molecule is C[C@@H](Nc1nc(C(=O)O)nc(NN2CCCCC2c2ccccn2)c1NC[C@H]1CC[C@H](C)CC1)C1CCC1. The average Bonchev–Trinajstić information content (AvgIpc) is 2.89. The molecule has 4 N–H and O–H groups in total. The first-order valence-electron chi connectivity index (χ1n) is 14.6. The molecule has 1 saturated heterocycles. The van der Waals surface area contributed by atoms with Gasteiger partial charge in [0.25, 0.3) is 0 Å². The summed E-state index contributed by atoms with van der Waals surface area (Å²) in [5.41, 5.74) is 5.31. The summed E-state index contributed by atoms with van der Waals surface area (Å²) in [6, 6.07) is 6.31. The smallest absolute Gasteiger partial charge is 0.374 e. The third-order valence-corrected chi connectivity index (χ3v) is 8.81. The Bertz CT molecular complexity index is 1070. The lowest BCUT2D eigenvalue weighted by Crippen LogP contribution is -2.39. The molecule has 5 rings (SSSR count). The first-order chi connectivity index (χ1) is 18.5. The highest BCUT2D eigenvalue weighted by atomic mass is 16.4. The standard InChI is InChI=1S/C29H43N7O2/c1-19-12-14-21(15-13-19)18-31-25-26(32-20(2)22-8-7-9-22)33-28(29(37)38)34-27(25)35-36-17-6-4-11-24(36)23-10-3-5-16-30-23/h3,5,10,16,19-22,24,31H,4,6-9,11-15,17-18H2,1-2H3,(H,37,38)(H2,32,33,34,35)/t19-,20-,21-,24?/m1/s1. The summed E-state index contributed by atoms with van der Waals surface area (Å²) in [7, 11) is 0. The van der Waals surface area contributed by atoms with Crippen molar-refractivity contribution >= 4 is 23.3 Å². The Kier molecular flexibility index (Phi) is 8.61. The van der Waals surface area contributed by atoms with Crippen LogP contribution in [-0.2, 0) is 0 Å². The van der Waals surface area contributed by atoms with Crippen molar-refractivity contribution in [2.45, 2.75) is 90.1 Å². The molecule has 0 amide bonds. The number of piperidine rings is 1. The number of rotatable bonds is 10. The zero-order chi connectivity index (χ0) is 26.5. The fourth-order valence-electron chi connectivity index (χ4n) is 6.04. The number of hydrogen-bond acceptors (Lipinski definition) is 8. The zero-order valence-corrected chi connectivity index (χ0v) is 22.8. The van der Waals surface area contributed by atoms with Crippen molar-refractivity contribution in [3.05, 3.63) is 35.9 Å². The van der Waals surface area contributed by atoms with Crippen LogP contribution in [0.25, 0.3) is 0 Å². The van der Waals surface area contributed by atoms with Crippen molar-refractivity contribution in [1.29, 1.82) is 0 Å². The molecule has 3 fully saturated rings. The molecule has 0 radical (unpaired) electrons. The van der Waals surface area contributed by atoms with E-state index >= 15 is 0 Å². The summed E-state index contributed by atoms with van der Waals surface area (Å²) in [5, 5.41) is 19.3. The molecule has 0 aromatic carbocycles. The fourth-order valence-corrected chi connectivity index (χ4v) is 6.04. The molecule has 0 spiro atoms. The maximum absolute atomic E-state index is 12.1. The Hall–Kier alpha value is -2.94. The number of carboxylic acid groups (broad SMARTS) is 1. The number of hydrogen-bond donors (Lipinski definition) is 4. The molecule has 1 aliphatic heterocycles. The van der Waals surface area contributed by atoms with Gasteiger partial charge < -0.3 is 21.2 Å². The highest BCUT2D eigenvalue weighted by Crippen LogP contribution is 2.37. The Morgan fingerprint density at radius 1 is 1.05 bits per heavy atom. The maximum Gasteiger partial charge on any atom is 0.374 e. The molecule has 3 heterocycles. The lowest BCUT2D eigenvalue weighted by Gasteiger charge is -2.37. The van der Waals surface area contributed by atoms with Gasteiger partial charge in [0.1, 0.15) is 5.69 Å². The quantitative estimate of drug-likeness (QED) is 0.300. The minimum atomic E-state index is -1.12. The van der Waals surface area contributed by atoms with Crippen LogP contribution in [-0.4, -0.2) is 50.2 Å². The van der Waals surface area contributed by atoms with Crippen molar-refractivity contribution < 1.29 is 9.90 Å². The number of carboxylic acids is 1. The van der Waals surface area contributed by atoms with Gasteiger partial charge in [0.15, 0.2) is 11.6 Å². The average molecular weight is 522 g/mol. The highest BCUT2D eigenvalue weighted by molar-refractivity contribution is 5.87. The molecular weight excluding hydrogens is 478 g/mol. The summed E-state index contributed by atoms with van der Waals surface area (Å²) in [5.74, 6) is 1.75. The van der Waals surface area contributed by atoms with Gasteiger partial charge in [-0.25, -0.2) is 19.8 Å². The number of nitrogens with one attached hydrogen (secondary N) is 3. The molecule has 3 aliphatic rings. The van der Waals surface area contributed by atoms with Crippen LogP contribution in [0.1, 0.15) is 100 Å². The predicted molar refractivity (Wildman–Crippen MR) is 150 cm³/mol. The Balaban J connectivity index is 1.45. The van der Waals surface area contributed by atoms with Crippen molar-refractivity contribution in [2.24, 2.45) is 17.8 Å². The van der Waals surface area contributed by atoms with Crippen LogP contribution in [0.5, 0.6) is 0 Å². The van der Waals surface area contributed by atoms with Gasteiger partial charge in [0.2, 0.25) is 5.82 Å². The Morgan fingerprint density at radius 2 is 1.84 bits per heavy atom. The molecule has 2 aliphatic carbocycles. The van der Waals surface area contributed by atoms with E-state index in [4.69, 9.17) is 0 Å². The maximum atomic E-state index is 12.1. The second-order valence-electron chi connectivity index (χ2n) is 11.6. The van der Waals surface area contributed by atoms with Gasteiger partial charge in [0.05, 0.1) is 11.7 Å². The first kappa shape index (κ1) is 26.7. The van der Waals surface area contributed by atoms with Gasteiger partial charge in [-0.15, -0.1) is 0 Å². The molecular formula is C29H43N7O2. The molecule has 1 unspecified atom stereocenters. The number of carbonyl (C=O) groups is 1. The van der Waals surface area contributed by atoms with Crippen LogP contribution in [0.4, 0.5) is 17.3 Å². The van der Waals surface area contributed by atoms with E-state index in [0.717, 1.165) is 49.7 Å². The highest BCUT2D eigenvalue weighted by Gasteiger charge is 2.30. The van der Waals surface area contributed by atoms with Crippen molar-refractivity contribution in [3.63, 3.8) is 0 Å². The number of anilines is 3. The van der Waals surface area contributed by atoms with Crippen LogP contribution >= 0.6 is 0 Å². The molecule has 9 nitrogen and oxygen atoms in total. The van der Waals surface area contributed by atoms with Gasteiger partial charge in [-0.1, -0.05) is 38.7 Å². The van der Waals surface area contributed by atoms with Gasteiger partial charge in [0, 0.05) is 25.3 Å². The fraction of sp³-hybridized carbons (Fsp3) is 0.655. The minimum Gasteiger partial charge on any atom is -0.475 e. The number of pyridine rings is 1. The monoisotopic (exact) mass is 521 g/mol. The van der Waals surface area contributed by atoms with Gasteiger partial charge in [-0.05, 0) is 75.3 Å². The number of hydrazine groups is 1. The summed E-state index contributed by atoms with van der Waals surface area (Å²) in [6.07, 6.45) is 13.6. The van der Waals surface area contributed by atoms with Gasteiger partial charge in [-0.3, -0.25) is 4.98 Å². The Morgan fingerprint density at radius 3 is 2.53 bits per heavy atom. The van der Waals surface area contributed by atoms with Gasteiger partial charge in [-0.2, -0.15) is 0 Å². The van der Waals surface area contributed by atoms with Gasteiger partial charge >= 0.3 is 5.97 Å². The molecule has 2 saturated carbocycles. The lowest BCUT2D eigenvalue weighted by atomic mass is 9.80.